The molecule has 1 rings (SSSR count). The Morgan fingerprint density at radius 3 is 2.26 bits per heavy atom. The van der Waals surface area contributed by atoms with Crippen molar-refractivity contribution in [3.63, 3.8) is 0 Å². The van der Waals surface area contributed by atoms with Gasteiger partial charge >= 0.3 is 11.9 Å². The second-order valence-electron chi connectivity index (χ2n) is 4.12. The van der Waals surface area contributed by atoms with Gasteiger partial charge in [-0.3, -0.25) is 0 Å². The van der Waals surface area contributed by atoms with Crippen molar-refractivity contribution in [2.75, 3.05) is 25.6 Å². The zero-order valence-corrected chi connectivity index (χ0v) is 14.5. The molecule has 8 heteroatoms. The predicted octanol–water partition coefficient (Wildman–Crippen LogP) is 3.02. The quantitative estimate of drug-likeness (QED) is 0.334. The fraction of sp³-hybridized carbons (Fsp3) is 0.333. The molecule has 0 aromatic heterocycles. The maximum atomic E-state index is 13.7. The molecule has 0 saturated carbocycles. The van der Waals surface area contributed by atoms with Crippen LogP contribution in [-0.4, -0.2) is 32.3 Å². The van der Waals surface area contributed by atoms with Gasteiger partial charge in [-0.05, 0) is 35.8 Å². The van der Waals surface area contributed by atoms with E-state index in [2.05, 4.69) is 21.2 Å². The Bertz CT molecular complexity index is 598. The molecule has 0 aliphatic rings. The molecule has 6 nitrogen and oxygen atoms in total. The van der Waals surface area contributed by atoms with E-state index in [-0.39, 0.29) is 34.7 Å². The largest absolute Gasteiger partial charge is 0.495 e. The van der Waals surface area contributed by atoms with E-state index in [0.29, 0.717) is 0 Å². The lowest BCUT2D eigenvalue weighted by Gasteiger charge is -2.10. The molecule has 0 saturated heterocycles. The zero-order valence-electron chi connectivity index (χ0n) is 12.9. The van der Waals surface area contributed by atoms with Crippen molar-refractivity contribution in [3.8, 4) is 5.75 Å². The minimum Gasteiger partial charge on any atom is -0.495 e. The first-order valence-electron chi connectivity index (χ1n) is 6.78. The van der Waals surface area contributed by atoms with Crippen LogP contribution in [0.3, 0.4) is 0 Å². The van der Waals surface area contributed by atoms with Gasteiger partial charge in [0.15, 0.2) is 5.57 Å². The molecule has 0 heterocycles. The summed E-state index contributed by atoms with van der Waals surface area (Å²) in [5.74, 6) is -1.96. The highest BCUT2D eigenvalue weighted by atomic mass is 79.9. The van der Waals surface area contributed by atoms with Crippen LogP contribution in [0.15, 0.2) is 28.4 Å². The number of hydrogen-bond acceptors (Lipinski definition) is 6. The summed E-state index contributed by atoms with van der Waals surface area (Å²) in [4.78, 5) is 23.6. The van der Waals surface area contributed by atoms with Crippen molar-refractivity contribution in [1.82, 2.24) is 0 Å². The topological polar surface area (TPSA) is 73.9 Å². The molecule has 126 valence electrons. The summed E-state index contributed by atoms with van der Waals surface area (Å²) in [5.41, 5.74) is -0.0374. The van der Waals surface area contributed by atoms with E-state index in [1.807, 2.05) is 0 Å². The number of esters is 2. The molecule has 0 aliphatic heterocycles. The van der Waals surface area contributed by atoms with Gasteiger partial charge in [0.25, 0.3) is 0 Å². The number of benzene rings is 1. The second-order valence-corrected chi connectivity index (χ2v) is 4.91. The molecule has 0 amide bonds. The van der Waals surface area contributed by atoms with E-state index in [1.54, 1.807) is 13.8 Å². The highest BCUT2D eigenvalue weighted by molar-refractivity contribution is 9.10. The fourth-order valence-electron chi connectivity index (χ4n) is 1.57. The molecule has 0 unspecified atom stereocenters. The van der Waals surface area contributed by atoms with Gasteiger partial charge in [-0.1, -0.05) is 0 Å². The van der Waals surface area contributed by atoms with Crippen LogP contribution in [0, 0.1) is 5.82 Å². The molecule has 0 fully saturated rings. The van der Waals surface area contributed by atoms with Crippen molar-refractivity contribution >= 4 is 33.6 Å². The van der Waals surface area contributed by atoms with E-state index in [0.717, 1.165) is 6.20 Å². The Balaban J connectivity index is 3.07. The third-order valence-corrected chi connectivity index (χ3v) is 3.36. The van der Waals surface area contributed by atoms with Crippen LogP contribution in [0.2, 0.25) is 0 Å². The molecule has 1 aromatic rings. The lowest BCUT2D eigenvalue weighted by atomic mass is 10.2. The van der Waals surface area contributed by atoms with E-state index in [9.17, 15) is 14.0 Å². The van der Waals surface area contributed by atoms with E-state index < -0.39 is 17.8 Å². The summed E-state index contributed by atoms with van der Waals surface area (Å²) in [6.45, 7) is 3.44. The lowest BCUT2D eigenvalue weighted by molar-refractivity contribution is -0.146. The first kappa shape index (κ1) is 19.0. The number of methoxy groups -OCH3 is 1. The number of carbonyl (C=O) groups is 2. The molecule has 0 aliphatic carbocycles. The fourth-order valence-corrected chi connectivity index (χ4v) is 1.96. The smallest absolute Gasteiger partial charge is 0.347 e. The van der Waals surface area contributed by atoms with Crippen molar-refractivity contribution in [3.05, 3.63) is 34.2 Å². The number of carbonyl (C=O) groups excluding carboxylic acids is 2. The molecular formula is C15H17BrFNO5. The first-order chi connectivity index (χ1) is 10.9. The van der Waals surface area contributed by atoms with Gasteiger partial charge in [0.2, 0.25) is 0 Å². The van der Waals surface area contributed by atoms with Crippen LogP contribution in [-0.2, 0) is 19.1 Å². The normalized spacial score (nSPS) is 9.78. The Hall–Kier alpha value is -2.09. The number of halogens is 2. The van der Waals surface area contributed by atoms with Gasteiger partial charge in [-0.2, -0.15) is 0 Å². The predicted molar refractivity (Wildman–Crippen MR) is 85.6 cm³/mol. The van der Waals surface area contributed by atoms with Crippen LogP contribution in [0.1, 0.15) is 13.8 Å². The monoisotopic (exact) mass is 389 g/mol. The van der Waals surface area contributed by atoms with Crippen molar-refractivity contribution in [1.29, 1.82) is 0 Å². The highest BCUT2D eigenvalue weighted by Crippen LogP contribution is 2.31. The molecule has 1 N–H and O–H groups in total. The van der Waals surface area contributed by atoms with Crippen LogP contribution in [0.4, 0.5) is 10.1 Å². The Morgan fingerprint density at radius 1 is 1.22 bits per heavy atom. The van der Waals surface area contributed by atoms with Gasteiger partial charge < -0.3 is 19.5 Å². The van der Waals surface area contributed by atoms with E-state index in [1.165, 1.54) is 19.2 Å². The summed E-state index contributed by atoms with van der Waals surface area (Å²) in [5, 5.41) is 2.66. The van der Waals surface area contributed by atoms with Gasteiger partial charge in [0.1, 0.15) is 11.6 Å². The zero-order chi connectivity index (χ0) is 17.4. The van der Waals surface area contributed by atoms with Crippen LogP contribution < -0.4 is 10.1 Å². The molecule has 0 bridgehead atoms. The van der Waals surface area contributed by atoms with Gasteiger partial charge in [-0.25, -0.2) is 14.0 Å². The lowest BCUT2D eigenvalue weighted by Crippen LogP contribution is -2.19. The summed E-state index contributed by atoms with van der Waals surface area (Å²) < 4.78 is 28.5. The van der Waals surface area contributed by atoms with Crippen molar-refractivity contribution in [2.24, 2.45) is 0 Å². The van der Waals surface area contributed by atoms with Crippen LogP contribution in [0.5, 0.6) is 5.75 Å². The molecule has 0 atom stereocenters. The average molecular weight is 390 g/mol. The maximum Gasteiger partial charge on any atom is 0.347 e. The molecule has 1 aromatic carbocycles. The molecule has 0 radical (unpaired) electrons. The second kappa shape index (κ2) is 9.14. The standard InChI is InChI=1S/C15H17BrFNO5/c1-4-22-14(19)10(15(20)23-5-2)8-18-9-6-11(17)13(16)12(7-9)21-3/h6-8,18H,4-5H2,1-3H3. The molecule has 0 spiro atoms. The molecular weight excluding hydrogens is 373 g/mol. The van der Waals surface area contributed by atoms with Crippen LogP contribution in [0.25, 0.3) is 0 Å². The first-order valence-corrected chi connectivity index (χ1v) is 7.57. The van der Waals surface area contributed by atoms with Crippen molar-refractivity contribution in [2.45, 2.75) is 13.8 Å². The summed E-state index contributed by atoms with van der Waals surface area (Å²) in [7, 11) is 1.39. The Kier molecular flexibility index (Phi) is 7.53. The average Bonchev–Trinajstić information content (AvgIpc) is 2.51. The number of anilines is 1. The highest BCUT2D eigenvalue weighted by Gasteiger charge is 2.21. The minimum absolute atomic E-state index is 0.107. The third kappa shape index (κ3) is 5.24. The van der Waals surface area contributed by atoms with Gasteiger partial charge in [0, 0.05) is 18.0 Å². The number of ether oxygens (including phenoxy) is 3. The Labute approximate surface area is 141 Å². The van der Waals surface area contributed by atoms with Crippen LogP contribution >= 0.6 is 15.9 Å². The third-order valence-electron chi connectivity index (χ3n) is 2.59. The number of hydrogen-bond donors (Lipinski definition) is 1. The SMILES string of the molecule is CCOC(=O)C(=CNc1cc(F)c(Br)c(OC)c1)C(=O)OCC. The number of rotatable bonds is 7. The molecule has 23 heavy (non-hydrogen) atoms. The minimum atomic E-state index is -0.831. The Morgan fingerprint density at radius 2 is 1.78 bits per heavy atom. The van der Waals surface area contributed by atoms with Gasteiger partial charge in [-0.15, -0.1) is 0 Å². The van der Waals surface area contributed by atoms with E-state index >= 15 is 0 Å². The van der Waals surface area contributed by atoms with Crippen molar-refractivity contribution < 1.29 is 28.2 Å². The number of nitrogens with one attached hydrogen (secondary N) is 1. The maximum absolute atomic E-state index is 13.7. The van der Waals surface area contributed by atoms with E-state index in [4.69, 9.17) is 14.2 Å². The summed E-state index contributed by atoms with van der Waals surface area (Å²) in [6.07, 6.45) is 1.11. The summed E-state index contributed by atoms with van der Waals surface area (Å²) >= 11 is 3.05. The summed E-state index contributed by atoms with van der Waals surface area (Å²) in [6, 6.07) is 2.68. The van der Waals surface area contributed by atoms with Gasteiger partial charge in [0.05, 0.1) is 24.8 Å².